The fourth-order valence-electron chi connectivity index (χ4n) is 2.02. The van der Waals surface area contributed by atoms with Gasteiger partial charge in [0.1, 0.15) is 5.60 Å². The van der Waals surface area contributed by atoms with Crippen molar-refractivity contribution in [1.82, 2.24) is 5.32 Å². The van der Waals surface area contributed by atoms with Crippen molar-refractivity contribution in [3.63, 3.8) is 0 Å². The van der Waals surface area contributed by atoms with E-state index in [9.17, 15) is 9.59 Å². The first-order chi connectivity index (χ1) is 11.7. The van der Waals surface area contributed by atoms with Crippen LogP contribution in [0.2, 0.25) is 4.34 Å². The minimum atomic E-state index is -0.625. The number of ether oxygens (including phenoxy) is 1. The van der Waals surface area contributed by atoms with Gasteiger partial charge in [0, 0.05) is 6.54 Å². The average Bonchev–Trinajstić information content (AvgIpc) is 2.92. The van der Waals surface area contributed by atoms with Gasteiger partial charge in [-0.1, -0.05) is 23.7 Å². The van der Waals surface area contributed by atoms with E-state index in [2.05, 4.69) is 10.6 Å². The second-order valence-corrected chi connectivity index (χ2v) is 8.01. The predicted molar refractivity (Wildman–Crippen MR) is 101 cm³/mol. The first kappa shape index (κ1) is 19.1. The van der Waals surface area contributed by atoms with Gasteiger partial charge in [-0.2, -0.15) is 0 Å². The number of nitrogens with one attached hydrogen (secondary N) is 2. The van der Waals surface area contributed by atoms with E-state index in [0.29, 0.717) is 26.2 Å². The van der Waals surface area contributed by atoms with E-state index < -0.39 is 11.7 Å². The molecule has 0 spiro atoms. The number of carbonyl (C=O) groups is 2. The monoisotopic (exact) mass is 381 g/mol. The largest absolute Gasteiger partial charge is 0.444 e. The minimum Gasteiger partial charge on any atom is -0.444 e. The number of benzene rings is 1. The Hall–Kier alpha value is -2.25. The van der Waals surface area contributed by atoms with Crippen LogP contribution in [0.5, 0.6) is 0 Å². The Bertz CT molecular complexity index is 784. The van der Waals surface area contributed by atoms with Crippen LogP contribution in [-0.2, 0) is 11.3 Å². The molecule has 0 saturated carbocycles. The Morgan fingerprint density at radius 3 is 2.56 bits per heavy atom. The molecule has 0 unspecified atom stereocenters. The number of rotatable bonds is 4. The number of amides is 2. The molecule has 0 aliphatic heterocycles. The number of hydrogen-bond donors (Lipinski definition) is 3. The molecule has 134 valence electrons. The molecule has 1 aromatic carbocycles. The van der Waals surface area contributed by atoms with Crippen LogP contribution in [-0.4, -0.2) is 17.6 Å². The summed E-state index contributed by atoms with van der Waals surface area (Å²) < 4.78 is 5.79. The van der Waals surface area contributed by atoms with Crippen molar-refractivity contribution >= 4 is 46.3 Å². The first-order valence-electron chi connectivity index (χ1n) is 7.56. The second kappa shape index (κ2) is 7.76. The van der Waals surface area contributed by atoms with E-state index in [1.807, 2.05) is 0 Å². The minimum absolute atomic E-state index is 0.199. The fourth-order valence-corrected chi connectivity index (χ4v) is 2.98. The molecule has 0 atom stereocenters. The SMILES string of the molecule is CC(C)(C)OC(=O)Nc1c(N)cccc1CNC(=O)c1ccc(Cl)s1. The molecule has 0 saturated heterocycles. The van der Waals surface area contributed by atoms with Crippen molar-refractivity contribution in [3.05, 3.63) is 45.1 Å². The van der Waals surface area contributed by atoms with Gasteiger partial charge in [0.15, 0.2) is 0 Å². The highest BCUT2D eigenvalue weighted by atomic mass is 35.5. The topological polar surface area (TPSA) is 93.4 Å². The highest BCUT2D eigenvalue weighted by molar-refractivity contribution is 7.17. The van der Waals surface area contributed by atoms with Gasteiger partial charge in [0.2, 0.25) is 0 Å². The normalized spacial score (nSPS) is 11.0. The van der Waals surface area contributed by atoms with Gasteiger partial charge in [-0.25, -0.2) is 4.79 Å². The Balaban J connectivity index is 2.09. The maximum atomic E-state index is 12.1. The summed E-state index contributed by atoms with van der Waals surface area (Å²) in [6.45, 7) is 5.52. The lowest BCUT2D eigenvalue weighted by Crippen LogP contribution is -2.28. The summed E-state index contributed by atoms with van der Waals surface area (Å²) in [6.07, 6.45) is -0.608. The molecule has 2 rings (SSSR count). The molecule has 6 nitrogen and oxygen atoms in total. The van der Waals surface area contributed by atoms with Gasteiger partial charge < -0.3 is 15.8 Å². The molecule has 0 radical (unpaired) electrons. The maximum Gasteiger partial charge on any atom is 0.412 e. The van der Waals surface area contributed by atoms with Gasteiger partial charge in [-0.05, 0) is 44.5 Å². The van der Waals surface area contributed by atoms with Gasteiger partial charge in [0.05, 0.1) is 20.6 Å². The zero-order chi connectivity index (χ0) is 18.6. The van der Waals surface area contributed by atoms with E-state index in [1.165, 1.54) is 11.3 Å². The summed E-state index contributed by atoms with van der Waals surface area (Å²) in [5.41, 5.74) is 6.80. The van der Waals surface area contributed by atoms with Crippen molar-refractivity contribution < 1.29 is 14.3 Å². The summed E-state index contributed by atoms with van der Waals surface area (Å²) in [4.78, 5) is 24.7. The summed E-state index contributed by atoms with van der Waals surface area (Å²) in [5.74, 6) is -0.248. The Morgan fingerprint density at radius 1 is 1.24 bits per heavy atom. The van der Waals surface area contributed by atoms with Crippen LogP contribution in [0.4, 0.5) is 16.2 Å². The van der Waals surface area contributed by atoms with Crippen molar-refractivity contribution in [2.45, 2.75) is 32.9 Å². The Morgan fingerprint density at radius 2 is 1.96 bits per heavy atom. The number of halogens is 1. The van der Waals surface area contributed by atoms with E-state index >= 15 is 0 Å². The Kier molecular flexibility index (Phi) is 5.92. The summed E-state index contributed by atoms with van der Waals surface area (Å²) in [5, 5.41) is 5.43. The van der Waals surface area contributed by atoms with Gasteiger partial charge in [-0.3, -0.25) is 10.1 Å². The lowest BCUT2D eigenvalue weighted by molar-refractivity contribution is 0.0635. The molecule has 2 amide bonds. The predicted octanol–water partition coefficient (Wildman–Crippen LogP) is 4.26. The molecule has 0 aliphatic carbocycles. The average molecular weight is 382 g/mol. The number of thiophene rings is 1. The first-order valence-corrected chi connectivity index (χ1v) is 8.76. The molecule has 0 fully saturated rings. The lowest BCUT2D eigenvalue weighted by atomic mass is 10.1. The van der Waals surface area contributed by atoms with Crippen LogP contribution in [0.1, 0.15) is 36.0 Å². The molecular formula is C17H20ClN3O3S. The number of nitrogen functional groups attached to an aromatic ring is 1. The summed E-state index contributed by atoms with van der Waals surface area (Å²) in [7, 11) is 0. The van der Waals surface area contributed by atoms with E-state index in [1.54, 1.807) is 51.1 Å². The second-order valence-electron chi connectivity index (χ2n) is 6.29. The van der Waals surface area contributed by atoms with Gasteiger partial charge >= 0.3 is 6.09 Å². The van der Waals surface area contributed by atoms with Crippen LogP contribution in [0.3, 0.4) is 0 Å². The van der Waals surface area contributed by atoms with Crippen molar-refractivity contribution in [2.24, 2.45) is 0 Å². The van der Waals surface area contributed by atoms with E-state index in [-0.39, 0.29) is 12.5 Å². The maximum absolute atomic E-state index is 12.1. The summed E-state index contributed by atoms with van der Waals surface area (Å²) >= 11 is 7.03. The lowest BCUT2D eigenvalue weighted by Gasteiger charge is -2.21. The third kappa shape index (κ3) is 5.65. The van der Waals surface area contributed by atoms with Crippen LogP contribution >= 0.6 is 22.9 Å². The highest BCUT2D eigenvalue weighted by Crippen LogP contribution is 2.25. The number of anilines is 2. The van der Waals surface area contributed by atoms with Gasteiger partial charge in [0.25, 0.3) is 5.91 Å². The van der Waals surface area contributed by atoms with Crippen molar-refractivity contribution in [1.29, 1.82) is 0 Å². The van der Waals surface area contributed by atoms with Crippen LogP contribution in [0.25, 0.3) is 0 Å². The number of hydrogen-bond acceptors (Lipinski definition) is 5. The standard InChI is InChI=1S/C17H20ClN3O3S/c1-17(2,3)24-16(23)21-14-10(5-4-6-11(14)19)9-20-15(22)12-7-8-13(18)25-12/h4-8H,9,19H2,1-3H3,(H,20,22)(H,21,23). The number of carbonyl (C=O) groups excluding carboxylic acids is 2. The third-order valence-electron chi connectivity index (χ3n) is 3.05. The van der Waals surface area contributed by atoms with Crippen LogP contribution < -0.4 is 16.4 Å². The van der Waals surface area contributed by atoms with Crippen LogP contribution in [0, 0.1) is 0 Å². The quantitative estimate of drug-likeness (QED) is 0.689. The van der Waals surface area contributed by atoms with Crippen LogP contribution in [0.15, 0.2) is 30.3 Å². The van der Waals surface area contributed by atoms with E-state index in [0.717, 1.165) is 0 Å². The zero-order valence-electron chi connectivity index (χ0n) is 14.2. The molecule has 1 heterocycles. The molecule has 8 heteroatoms. The molecule has 0 aliphatic rings. The number of nitrogens with two attached hydrogens (primary N) is 1. The molecule has 25 heavy (non-hydrogen) atoms. The Labute approximate surface area is 155 Å². The molecule has 0 bridgehead atoms. The van der Waals surface area contributed by atoms with E-state index in [4.69, 9.17) is 22.1 Å². The molecule has 2 aromatic rings. The fraction of sp³-hybridized carbons (Fsp3) is 0.294. The highest BCUT2D eigenvalue weighted by Gasteiger charge is 2.18. The number of para-hydroxylation sites is 1. The molecular weight excluding hydrogens is 362 g/mol. The smallest absolute Gasteiger partial charge is 0.412 e. The molecule has 1 aromatic heterocycles. The summed E-state index contributed by atoms with van der Waals surface area (Å²) in [6, 6.07) is 8.50. The van der Waals surface area contributed by atoms with Crippen molar-refractivity contribution in [3.8, 4) is 0 Å². The van der Waals surface area contributed by atoms with Gasteiger partial charge in [-0.15, -0.1) is 11.3 Å². The zero-order valence-corrected chi connectivity index (χ0v) is 15.8. The third-order valence-corrected chi connectivity index (χ3v) is 4.28. The van der Waals surface area contributed by atoms with Crippen molar-refractivity contribution in [2.75, 3.05) is 11.1 Å². The molecule has 4 N–H and O–H groups in total.